The van der Waals surface area contributed by atoms with Crippen LogP contribution in [0, 0.1) is 41.4 Å². The van der Waals surface area contributed by atoms with E-state index in [1.165, 1.54) is 32.1 Å². The lowest BCUT2D eigenvalue weighted by Gasteiger charge is -2.40. The van der Waals surface area contributed by atoms with Gasteiger partial charge in [-0.05, 0) is 80.5 Å². The van der Waals surface area contributed by atoms with E-state index < -0.39 is 5.60 Å². The molecule has 2 fully saturated rings. The minimum atomic E-state index is -0.397. The lowest BCUT2D eigenvalue weighted by Crippen LogP contribution is -2.39. The molecule has 0 bridgehead atoms. The third-order valence-electron chi connectivity index (χ3n) is 7.26. The van der Waals surface area contributed by atoms with Gasteiger partial charge in [0, 0.05) is 0 Å². The number of hydrogen-bond donors (Lipinski definition) is 1. The van der Waals surface area contributed by atoms with Gasteiger partial charge >= 0.3 is 0 Å². The summed E-state index contributed by atoms with van der Waals surface area (Å²) < 4.78 is 0. The van der Waals surface area contributed by atoms with E-state index in [-0.39, 0.29) is 0 Å². The molecule has 0 radical (unpaired) electrons. The predicted molar refractivity (Wildman–Crippen MR) is 102 cm³/mol. The van der Waals surface area contributed by atoms with Crippen LogP contribution in [0.1, 0.15) is 93.9 Å². The maximum Gasteiger partial charge on any atom is 0.0645 e. The molecule has 0 spiro atoms. The van der Waals surface area contributed by atoms with Gasteiger partial charge in [-0.2, -0.15) is 0 Å². The molecule has 1 N–H and O–H groups in total. The highest BCUT2D eigenvalue weighted by Gasteiger charge is 2.36. The van der Waals surface area contributed by atoms with Gasteiger partial charge in [-0.3, -0.25) is 0 Å². The average Bonchev–Trinajstić information content (AvgIpc) is 2.45. The zero-order chi connectivity index (χ0) is 17.8. The standard InChI is InChI=1S/C11H22O.C11H22/c1-8(2)10-5-6-11(4,12)9(3)7-10;1-8(2)11-6-5-9(3)10(4)7-11/h8-10,12H,5-7H2,1-4H3;8-11H,5-7H2,1-4H3. The van der Waals surface area contributed by atoms with E-state index in [9.17, 15) is 5.11 Å². The van der Waals surface area contributed by atoms with E-state index in [0.29, 0.717) is 5.92 Å². The average molecular weight is 325 g/mol. The van der Waals surface area contributed by atoms with E-state index >= 15 is 0 Å². The second-order valence-electron chi connectivity index (χ2n) is 9.81. The lowest BCUT2D eigenvalue weighted by molar-refractivity contribution is -0.0448. The highest BCUT2D eigenvalue weighted by molar-refractivity contribution is 4.87. The van der Waals surface area contributed by atoms with Gasteiger partial charge in [0.25, 0.3) is 0 Å². The Kier molecular flexibility index (Phi) is 8.11. The maximum absolute atomic E-state index is 9.94. The minimum absolute atomic E-state index is 0.397. The SMILES string of the molecule is CC(C)C1CCC(C)(O)C(C)C1.CC(C)C1CCC(C)C(C)C1. The highest BCUT2D eigenvalue weighted by Crippen LogP contribution is 2.39. The van der Waals surface area contributed by atoms with E-state index in [4.69, 9.17) is 0 Å². The van der Waals surface area contributed by atoms with Gasteiger partial charge in [-0.15, -0.1) is 0 Å². The van der Waals surface area contributed by atoms with Gasteiger partial charge in [0.1, 0.15) is 0 Å². The summed E-state index contributed by atoms with van der Waals surface area (Å²) in [6.07, 6.45) is 7.79. The normalized spacial score (nSPS) is 41.6. The van der Waals surface area contributed by atoms with E-state index in [1.807, 2.05) is 6.92 Å². The van der Waals surface area contributed by atoms with Crippen molar-refractivity contribution in [3.05, 3.63) is 0 Å². The molecule has 2 aliphatic carbocycles. The van der Waals surface area contributed by atoms with Gasteiger partial charge in [0.05, 0.1) is 5.60 Å². The summed E-state index contributed by atoms with van der Waals surface area (Å²) in [5, 5.41) is 9.94. The van der Waals surface area contributed by atoms with Crippen molar-refractivity contribution in [2.24, 2.45) is 41.4 Å². The molecule has 0 aromatic rings. The molecule has 0 aromatic heterocycles. The number of aliphatic hydroxyl groups is 1. The molecule has 0 aliphatic heterocycles. The van der Waals surface area contributed by atoms with Crippen molar-refractivity contribution in [2.45, 2.75) is 99.5 Å². The van der Waals surface area contributed by atoms with Crippen LogP contribution in [0.15, 0.2) is 0 Å². The summed E-state index contributed by atoms with van der Waals surface area (Å²) in [5.41, 5.74) is -0.397. The monoisotopic (exact) mass is 324 g/mol. The Bertz CT molecular complexity index is 331. The van der Waals surface area contributed by atoms with Crippen LogP contribution in [0.2, 0.25) is 0 Å². The Hall–Kier alpha value is -0.0400. The van der Waals surface area contributed by atoms with Crippen LogP contribution in [0.3, 0.4) is 0 Å². The topological polar surface area (TPSA) is 20.2 Å². The second-order valence-corrected chi connectivity index (χ2v) is 9.81. The Morgan fingerprint density at radius 1 is 0.783 bits per heavy atom. The molecule has 0 amide bonds. The number of rotatable bonds is 2. The fourth-order valence-corrected chi connectivity index (χ4v) is 4.35. The molecular weight excluding hydrogens is 280 g/mol. The molecule has 138 valence electrons. The molecule has 2 rings (SSSR count). The lowest BCUT2D eigenvalue weighted by atomic mass is 9.69. The molecule has 0 saturated heterocycles. The molecule has 0 heterocycles. The summed E-state index contributed by atoms with van der Waals surface area (Å²) in [5.74, 6) is 5.95. The third-order valence-corrected chi connectivity index (χ3v) is 7.26. The summed E-state index contributed by atoms with van der Waals surface area (Å²) in [6, 6.07) is 0. The molecule has 0 aromatic carbocycles. The third kappa shape index (κ3) is 6.40. The Morgan fingerprint density at radius 2 is 1.30 bits per heavy atom. The Labute approximate surface area is 146 Å². The van der Waals surface area contributed by atoms with E-state index in [2.05, 4.69) is 48.5 Å². The summed E-state index contributed by atoms with van der Waals surface area (Å²) in [7, 11) is 0. The van der Waals surface area contributed by atoms with Crippen LogP contribution in [-0.2, 0) is 0 Å². The van der Waals surface area contributed by atoms with Crippen LogP contribution in [-0.4, -0.2) is 10.7 Å². The fourth-order valence-electron chi connectivity index (χ4n) is 4.35. The van der Waals surface area contributed by atoms with Crippen LogP contribution < -0.4 is 0 Å². The van der Waals surface area contributed by atoms with E-state index in [0.717, 1.165) is 41.9 Å². The van der Waals surface area contributed by atoms with Crippen molar-refractivity contribution in [1.82, 2.24) is 0 Å². The van der Waals surface area contributed by atoms with Gasteiger partial charge in [0.2, 0.25) is 0 Å². The predicted octanol–water partition coefficient (Wildman–Crippen LogP) is 6.54. The van der Waals surface area contributed by atoms with Crippen molar-refractivity contribution in [2.75, 3.05) is 0 Å². The molecule has 2 aliphatic rings. The minimum Gasteiger partial charge on any atom is -0.390 e. The first-order valence-corrected chi connectivity index (χ1v) is 10.3. The first-order chi connectivity index (χ1) is 10.5. The van der Waals surface area contributed by atoms with Crippen molar-refractivity contribution in [1.29, 1.82) is 0 Å². The summed E-state index contributed by atoms with van der Waals surface area (Å²) >= 11 is 0. The van der Waals surface area contributed by atoms with Crippen molar-refractivity contribution < 1.29 is 5.11 Å². The molecule has 23 heavy (non-hydrogen) atoms. The smallest absolute Gasteiger partial charge is 0.0645 e. The zero-order valence-corrected chi connectivity index (χ0v) is 17.2. The fraction of sp³-hybridized carbons (Fsp3) is 1.00. The molecule has 6 unspecified atom stereocenters. The van der Waals surface area contributed by atoms with Crippen LogP contribution in [0.5, 0.6) is 0 Å². The molecular formula is C22H44O. The van der Waals surface area contributed by atoms with Crippen LogP contribution in [0.25, 0.3) is 0 Å². The van der Waals surface area contributed by atoms with Crippen molar-refractivity contribution in [3.8, 4) is 0 Å². The summed E-state index contributed by atoms with van der Waals surface area (Å²) in [6.45, 7) is 18.3. The quantitative estimate of drug-likeness (QED) is 0.611. The second kappa shape index (κ2) is 8.88. The Morgan fingerprint density at radius 3 is 1.74 bits per heavy atom. The maximum atomic E-state index is 9.94. The largest absolute Gasteiger partial charge is 0.390 e. The van der Waals surface area contributed by atoms with Crippen molar-refractivity contribution in [3.63, 3.8) is 0 Å². The first-order valence-electron chi connectivity index (χ1n) is 10.3. The van der Waals surface area contributed by atoms with Gasteiger partial charge in [-0.25, -0.2) is 0 Å². The van der Waals surface area contributed by atoms with Crippen molar-refractivity contribution >= 4 is 0 Å². The van der Waals surface area contributed by atoms with E-state index in [1.54, 1.807) is 0 Å². The Balaban J connectivity index is 0.000000231. The molecule has 6 atom stereocenters. The van der Waals surface area contributed by atoms with Crippen LogP contribution >= 0.6 is 0 Å². The first kappa shape index (κ1) is 21.0. The van der Waals surface area contributed by atoms with Crippen LogP contribution in [0.4, 0.5) is 0 Å². The van der Waals surface area contributed by atoms with Gasteiger partial charge < -0.3 is 5.11 Å². The molecule has 1 heteroatoms. The molecule has 2 saturated carbocycles. The highest BCUT2D eigenvalue weighted by atomic mass is 16.3. The molecule has 1 nitrogen and oxygen atoms in total. The zero-order valence-electron chi connectivity index (χ0n) is 17.2. The summed E-state index contributed by atoms with van der Waals surface area (Å²) in [4.78, 5) is 0. The number of hydrogen-bond acceptors (Lipinski definition) is 1. The van der Waals surface area contributed by atoms with Gasteiger partial charge in [0.15, 0.2) is 0 Å². The van der Waals surface area contributed by atoms with Gasteiger partial charge in [-0.1, -0.05) is 54.9 Å².